The van der Waals surface area contributed by atoms with Crippen molar-refractivity contribution < 1.29 is 13.2 Å². The first-order valence-electron chi connectivity index (χ1n) is 10.8. The average Bonchev–Trinajstić information content (AvgIpc) is 3.12. The van der Waals surface area contributed by atoms with Crippen LogP contribution in [0.25, 0.3) is 22.4 Å². The second-order valence-corrected chi connectivity index (χ2v) is 10.6. The van der Waals surface area contributed by atoms with E-state index in [4.69, 9.17) is 9.72 Å². The highest BCUT2D eigenvalue weighted by atomic mass is 32.2. The van der Waals surface area contributed by atoms with Gasteiger partial charge in [-0.05, 0) is 37.3 Å². The van der Waals surface area contributed by atoms with E-state index in [2.05, 4.69) is 14.8 Å². The Balaban J connectivity index is 1.90. The van der Waals surface area contributed by atoms with Crippen LogP contribution in [-0.2, 0) is 22.5 Å². The number of rotatable bonds is 6. The van der Waals surface area contributed by atoms with Crippen LogP contribution in [0.1, 0.15) is 33.4 Å². The van der Waals surface area contributed by atoms with E-state index in [9.17, 15) is 13.2 Å². The predicted molar refractivity (Wildman–Crippen MR) is 132 cm³/mol. The van der Waals surface area contributed by atoms with Gasteiger partial charge in [-0.25, -0.2) is 13.4 Å². The van der Waals surface area contributed by atoms with Gasteiger partial charge in [-0.1, -0.05) is 39.0 Å². The average molecular weight is 482 g/mol. The molecule has 0 unspecified atom stereocenters. The van der Waals surface area contributed by atoms with Crippen molar-refractivity contribution in [1.82, 2.24) is 19.7 Å². The maximum absolute atomic E-state index is 13.1. The summed E-state index contributed by atoms with van der Waals surface area (Å²) in [5.41, 5.74) is 1.56. The molecule has 178 valence electrons. The minimum atomic E-state index is -3.90. The first-order valence-corrected chi connectivity index (χ1v) is 12.3. The molecule has 0 amide bonds. The normalized spacial score (nSPS) is 12.1. The first kappa shape index (κ1) is 23.5. The quantitative estimate of drug-likeness (QED) is 0.432. The van der Waals surface area contributed by atoms with E-state index < -0.39 is 10.0 Å². The minimum Gasteiger partial charge on any atom is -0.493 e. The summed E-state index contributed by atoms with van der Waals surface area (Å²) in [5.74, 6) is 0.612. The number of ether oxygens (including phenoxy) is 1. The molecule has 2 N–H and O–H groups in total. The number of hydrogen-bond donors (Lipinski definition) is 2. The van der Waals surface area contributed by atoms with E-state index in [1.54, 1.807) is 43.4 Å². The molecule has 2 aromatic carbocycles. The van der Waals surface area contributed by atoms with Crippen LogP contribution in [0.3, 0.4) is 0 Å². The summed E-state index contributed by atoms with van der Waals surface area (Å²) < 4.78 is 35.9. The summed E-state index contributed by atoms with van der Waals surface area (Å²) in [4.78, 5) is 20.5. The summed E-state index contributed by atoms with van der Waals surface area (Å²) in [5, 5.41) is 4.52. The second kappa shape index (κ2) is 8.60. The fourth-order valence-corrected chi connectivity index (χ4v) is 4.76. The van der Waals surface area contributed by atoms with Crippen LogP contribution in [0, 0.1) is 0 Å². The maximum Gasteiger partial charge on any atom is 0.277 e. The van der Waals surface area contributed by atoms with Gasteiger partial charge >= 0.3 is 0 Å². The molecular weight excluding hydrogens is 454 g/mol. The molecule has 0 fully saturated rings. The summed E-state index contributed by atoms with van der Waals surface area (Å²) in [7, 11) is -2.20. The van der Waals surface area contributed by atoms with Gasteiger partial charge in [0.1, 0.15) is 17.1 Å². The molecule has 0 bridgehead atoms. The molecule has 0 aliphatic heterocycles. The zero-order chi connectivity index (χ0) is 24.7. The Morgan fingerprint density at radius 1 is 1.12 bits per heavy atom. The summed E-state index contributed by atoms with van der Waals surface area (Å²) in [6.07, 6.45) is 0. The molecule has 4 aromatic rings. The fourth-order valence-electron chi connectivity index (χ4n) is 3.68. The molecule has 0 saturated carbocycles. The molecule has 9 nitrogen and oxygen atoms in total. The van der Waals surface area contributed by atoms with Crippen LogP contribution in [0.4, 0.5) is 5.69 Å². The van der Waals surface area contributed by atoms with Crippen LogP contribution in [-0.4, -0.2) is 34.8 Å². The van der Waals surface area contributed by atoms with Gasteiger partial charge in [0.25, 0.3) is 15.6 Å². The molecule has 0 atom stereocenters. The van der Waals surface area contributed by atoms with Gasteiger partial charge in [-0.15, -0.1) is 0 Å². The van der Waals surface area contributed by atoms with E-state index in [0.29, 0.717) is 40.3 Å². The van der Waals surface area contributed by atoms with Crippen molar-refractivity contribution in [1.29, 1.82) is 0 Å². The Hall–Kier alpha value is -3.66. The van der Waals surface area contributed by atoms with Crippen LogP contribution in [0.15, 0.2) is 58.2 Å². The zero-order valence-electron chi connectivity index (χ0n) is 19.7. The lowest BCUT2D eigenvalue weighted by atomic mass is 9.91. The Bertz CT molecular complexity index is 1520. The summed E-state index contributed by atoms with van der Waals surface area (Å²) in [6, 6.07) is 13.1. The molecule has 0 radical (unpaired) electrons. The summed E-state index contributed by atoms with van der Waals surface area (Å²) >= 11 is 0. The van der Waals surface area contributed by atoms with Crippen molar-refractivity contribution in [2.24, 2.45) is 7.05 Å². The van der Waals surface area contributed by atoms with Gasteiger partial charge in [0.05, 0.1) is 22.8 Å². The highest BCUT2D eigenvalue weighted by Gasteiger charge is 2.26. The number of aromatic amines is 1. The third kappa shape index (κ3) is 4.41. The Morgan fingerprint density at radius 3 is 2.47 bits per heavy atom. The number of fused-ring (bicyclic) bond motifs is 1. The van der Waals surface area contributed by atoms with Gasteiger partial charge in [0, 0.05) is 18.2 Å². The summed E-state index contributed by atoms with van der Waals surface area (Å²) in [6.45, 7) is 8.15. The molecule has 0 spiro atoms. The standard InChI is InChI=1S/C24H27N5O4S/c1-6-33-18-13-12-16(34(31,32)28-15-10-8-7-9-11-15)14-17(18)22-25-19-20(23(30)26-22)29(5)27-21(19)24(2,3)4/h7-14,28H,6H2,1-5H3,(H,25,26,30). The Morgan fingerprint density at radius 2 is 1.82 bits per heavy atom. The van der Waals surface area contributed by atoms with Crippen molar-refractivity contribution in [2.45, 2.75) is 38.0 Å². The number of sulfonamides is 1. The largest absolute Gasteiger partial charge is 0.493 e. The number of para-hydroxylation sites is 1. The van der Waals surface area contributed by atoms with Crippen molar-refractivity contribution in [3.05, 3.63) is 64.6 Å². The van der Waals surface area contributed by atoms with Crippen molar-refractivity contribution in [2.75, 3.05) is 11.3 Å². The number of nitrogens with one attached hydrogen (secondary N) is 2. The number of H-pyrrole nitrogens is 1. The van der Waals surface area contributed by atoms with Gasteiger partial charge < -0.3 is 9.72 Å². The van der Waals surface area contributed by atoms with E-state index in [0.717, 1.165) is 0 Å². The van der Waals surface area contributed by atoms with Crippen LogP contribution >= 0.6 is 0 Å². The first-order chi connectivity index (χ1) is 16.0. The SMILES string of the molecule is CCOc1ccc(S(=O)(=O)Nc2ccccc2)cc1-c1nc2c(C(C)(C)C)nn(C)c2c(=O)[nH]1. The highest BCUT2D eigenvalue weighted by Crippen LogP contribution is 2.33. The Kier molecular flexibility index (Phi) is 5.94. The monoisotopic (exact) mass is 481 g/mol. The predicted octanol–water partition coefficient (Wildman–Crippen LogP) is 3.82. The third-order valence-electron chi connectivity index (χ3n) is 5.25. The number of aromatic nitrogens is 4. The van der Waals surface area contributed by atoms with Crippen LogP contribution in [0.2, 0.25) is 0 Å². The zero-order valence-corrected chi connectivity index (χ0v) is 20.5. The maximum atomic E-state index is 13.1. The van der Waals surface area contributed by atoms with E-state index in [1.165, 1.54) is 16.8 Å². The van der Waals surface area contributed by atoms with Gasteiger partial charge in [0.15, 0.2) is 5.52 Å². The molecule has 4 rings (SSSR count). The smallest absolute Gasteiger partial charge is 0.277 e. The van der Waals surface area contributed by atoms with Crippen molar-refractivity contribution in [3.8, 4) is 17.1 Å². The van der Waals surface area contributed by atoms with Crippen molar-refractivity contribution >= 4 is 26.7 Å². The molecule has 0 aliphatic carbocycles. The number of nitrogens with zero attached hydrogens (tertiary/aromatic N) is 3. The lowest BCUT2D eigenvalue weighted by Crippen LogP contribution is -2.15. The molecule has 10 heteroatoms. The molecular formula is C24H27N5O4S. The molecule has 0 aliphatic rings. The number of hydrogen-bond acceptors (Lipinski definition) is 6. The lowest BCUT2D eigenvalue weighted by molar-refractivity contribution is 0.341. The fraction of sp³-hybridized carbons (Fsp3) is 0.292. The molecule has 2 aromatic heterocycles. The van der Waals surface area contributed by atoms with Gasteiger partial charge in [-0.3, -0.25) is 14.2 Å². The van der Waals surface area contributed by atoms with E-state index >= 15 is 0 Å². The Labute approximate surface area is 197 Å². The molecule has 0 saturated heterocycles. The number of anilines is 1. The van der Waals surface area contributed by atoms with E-state index in [-0.39, 0.29) is 21.7 Å². The lowest BCUT2D eigenvalue weighted by Gasteiger charge is -2.16. The van der Waals surface area contributed by atoms with Crippen LogP contribution < -0.4 is 15.0 Å². The van der Waals surface area contributed by atoms with Crippen molar-refractivity contribution in [3.63, 3.8) is 0 Å². The topological polar surface area (TPSA) is 119 Å². The molecule has 34 heavy (non-hydrogen) atoms. The number of aryl methyl sites for hydroxylation is 1. The highest BCUT2D eigenvalue weighted by molar-refractivity contribution is 7.92. The van der Waals surface area contributed by atoms with Gasteiger partial charge in [-0.2, -0.15) is 5.10 Å². The van der Waals surface area contributed by atoms with Crippen LogP contribution in [0.5, 0.6) is 5.75 Å². The van der Waals surface area contributed by atoms with E-state index in [1.807, 2.05) is 27.7 Å². The minimum absolute atomic E-state index is 0.0137. The molecule has 2 heterocycles. The number of benzene rings is 2. The second-order valence-electron chi connectivity index (χ2n) is 8.90. The third-order valence-corrected chi connectivity index (χ3v) is 6.62. The van der Waals surface area contributed by atoms with Gasteiger partial charge in [0.2, 0.25) is 0 Å².